The van der Waals surface area contributed by atoms with Crippen LogP contribution in [0.3, 0.4) is 0 Å². The molecule has 3 aromatic rings. The molecule has 1 heterocycles. The van der Waals surface area contributed by atoms with Gasteiger partial charge in [0.1, 0.15) is 0 Å². The first-order valence-electron chi connectivity index (χ1n) is 9.33. The van der Waals surface area contributed by atoms with Crippen LogP contribution in [-0.4, -0.2) is 29.0 Å². The number of H-pyrrole nitrogens is 1. The van der Waals surface area contributed by atoms with Crippen molar-refractivity contribution in [1.82, 2.24) is 9.97 Å². The second-order valence-corrected chi connectivity index (χ2v) is 8.82. The first-order valence-corrected chi connectivity index (χ1v) is 10.3. The van der Waals surface area contributed by atoms with Gasteiger partial charge in [0, 0.05) is 16.1 Å². The van der Waals surface area contributed by atoms with Crippen molar-refractivity contribution in [3.05, 3.63) is 63.9 Å². The van der Waals surface area contributed by atoms with Crippen molar-refractivity contribution in [2.45, 2.75) is 31.4 Å². The van der Waals surface area contributed by atoms with E-state index < -0.39 is 5.41 Å². The van der Waals surface area contributed by atoms with Crippen molar-refractivity contribution >= 4 is 40.5 Å². The number of amides is 1. The standard InChI is InChI=1S/C22H23N3O4S/c1-22(2,3)20(28)25-21-23-17-10-5-13(11-16(17)18(26)24-21)12-30-15-8-6-14(7-9-15)19(27)29-4/h5-11H,12H2,1-4H3,(H2,23,24,25,26,28). The first-order chi connectivity index (χ1) is 14.2. The van der Waals surface area contributed by atoms with Crippen LogP contribution >= 0.6 is 11.8 Å². The Bertz CT molecular complexity index is 1150. The minimum absolute atomic E-state index is 0.139. The number of hydrogen-bond donors (Lipinski definition) is 2. The van der Waals surface area contributed by atoms with Gasteiger partial charge in [0.25, 0.3) is 5.56 Å². The number of nitrogens with one attached hydrogen (secondary N) is 2. The molecule has 0 aliphatic heterocycles. The summed E-state index contributed by atoms with van der Waals surface area (Å²) in [7, 11) is 1.35. The van der Waals surface area contributed by atoms with E-state index in [2.05, 4.69) is 15.3 Å². The fraction of sp³-hybridized carbons (Fsp3) is 0.273. The quantitative estimate of drug-likeness (QED) is 0.474. The molecule has 8 heteroatoms. The number of hydrogen-bond acceptors (Lipinski definition) is 6. The van der Waals surface area contributed by atoms with Crippen molar-refractivity contribution < 1.29 is 14.3 Å². The number of nitrogens with zero attached hydrogens (tertiary/aromatic N) is 1. The Morgan fingerprint density at radius 1 is 1.13 bits per heavy atom. The van der Waals surface area contributed by atoms with Gasteiger partial charge >= 0.3 is 5.97 Å². The third-order valence-corrected chi connectivity index (χ3v) is 5.45. The molecule has 0 unspecified atom stereocenters. The van der Waals surface area contributed by atoms with Crippen molar-refractivity contribution in [1.29, 1.82) is 0 Å². The van der Waals surface area contributed by atoms with Crippen LogP contribution in [0.25, 0.3) is 10.9 Å². The average Bonchev–Trinajstić information content (AvgIpc) is 2.71. The molecule has 0 fully saturated rings. The lowest BCUT2D eigenvalue weighted by atomic mass is 9.96. The highest BCUT2D eigenvalue weighted by Gasteiger charge is 2.22. The van der Waals surface area contributed by atoms with Crippen LogP contribution in [0.5, 0.6) is 0 Å². The predicted octanol–water partition coefficient (Wildman–Crippen LogP) is 3.99. The van der Waals surface area contributed by atoms with Crippen molar-refractivity contribution in [3.8, 4) is 0 Å². The molecule has 2 N–H and O–H groups in total. The molecule has 1 aromatic heterocycles. The van der Waals surface area contributed by atoms with E-state index in [0.717, 1.165) is 10.5 Å². The molecule has 0 saturated carbocycles. The molecule has 7 nitrogen and oxygen atoms in total. The number of ether oxygens (including phenoxy) is 1. The van der Waals surface area contributed by atoms with Gasteiger partial charge in [-0.3, -0.25) is 19.9 Å². The SMILES string of the molecule is COC(=O)c1ccc(SCc2ccc3nc(NC(=O)C(C)(C)C)[nH]c(=O)c3c2)cc1. The predicted molar refractivity (Wildman–Crippen MR) is 118 cm³/mol. The Labute approximate surface area is 178 Å². The number of benzene rings is 2. The van der Waals surface area contributed by atoms with E-state index in [0.29, 0.717) is 22.2 Å². The summed E-state index contributed by atoms with van der Waals surface area (Å²) >= 11 is 1.59. The zero-order valence-corrected chi connectivity index (χ0v) is 18.1. The van der Waals surface area contributed by atoms with Crippen molar-refractivity contribution in [3.63, 3.8) is 0 Å². The van der Waals surface area contributed by atoms with Crippen LogP contribution in [0.4, 0.5) is 5.95 Å². The number of thioether (sulfide) groups is 1. The topological polar surface area (TPSA) is 101 Å². The monoisotopic (exact) mass is 425 g/mol. The van der Waals surface area contributed by atoms with E-state index in [1.807, 2.05) is 18.2 Å². The largest absolute Gasteiger partial charge is 0.465 e. The normalized spacial score (nSPS) is 11.3. The Balaban J connectivity index is 1.74. The molecule has 0 aliphatic rings. The van der Waals surface area contributed by atoms with Crippen LogP contribution in [0, 0.1) is 5.41 Å². The number of carbonyl (C=O) groups is 2. The molecule has 0 spiro atoms. The summed E-state index contributed by atoms with van der Waals surface area (Å²) in [5, 5.41) is 3.11. The lowest BCUT2D eigenvalue weighted by Gasteiger charge is -2.17. The molecule has 3 rings (SSSR count). The van der Waals surface area contributed by atoms with E-state index in [1.165, 1.54) is 7.11 Å². The number of carbonyl (C=O) groups excluding carboxylic acids is 2. The summed E-state index contributed by atoms with van der Waals surface area (Å²) in [6, 6.07) is 12.6. The van der Waals surface area contributed by atoms with Gasteiger partial charge in [0.15, 0.2) is 0 Å². The minimum Gasteiger partial charge on any atom is -0.465 e. The number of methoxy groups -OCH3 is 1. The molecule has 30 heavy (non-hydrogen) atoms. The van der Waals surface area contributed by atoms with Crippen LogP contribution in [0.15, 0.2) is 52.2 Å². The summed E-state index contributed by atoms with van der Waals surface area (Å²) in [6.45, 7) is 5.36. The second-order valence-electron chi connectivity index (χ2n) is 7.77. The van der Waals surface area contributed by atoms with Crippen LogP contribution in [-0.2, 0) is 15.3 Å². The van der Waals surface area contributed by atoms with Gasteiger partial charge < -0.3 is 4.74 Å². The highest BCUT2D eigenvalue weighted by atomic mass is 32.2. The molecular formula is C22H23N3O4S. The molecular weight excluding hydrogens is 402 g/mol. The van der Waals surface area contributed by atoms with Gasteiger partial charge in [-0.1, -0.05) is 26.8 Å². The fourth-order valence-corrected chi connectivity index (χ4v) is 3.44. The van der Waals surface area contributed by atoms with E-state index in [-0.39, 0.29) is 23.4 Å². The van der Waals surface area contributed by atoms with Gasteiger partial charge in [0.2, 0.25) is 11.9 Å². The number of fused-ring (bicyclic) bond motifs is 1. The van der Waals surface area contributed by atoms with E-state index in [4.69, 9.17) is 4.74 Å². The number of rotatable bonds is 5. The van der Waals surface area contributed by atoms with Gasteiger partial charge in [-0.25, -0.2) is 9.78 Å². The van der Waals surface area contributed by atoms with Crippen molar-refractivity contribution in [2.75, 3.05) is 12.4 Å². The Morgan fingerprint density at radius 2 is 1.83 bits per heavy atom. The highest BCUT2D eigenvalue weighted by Crippen LogP contribution is 2.24. The molecule has 0 aliphatic carbocycles. The van der Waals surface area contributed by atoms with E-state index >= 15 is 0 Å². The molecule has 1 amide bonds. The van der Waals surface area contributed by atoms with E-state index in [9.17, 15) is 14.4 Å². The Morgan fingerprint density at radius 3 is 2.47 bits per heavy atom. The summed E-state index contributed by atoms with van der Waals surface area (Å²) in [5.74, 6) is 0.192. The molecule has 2 aromatic carbocycles. The maximum atomic E-state index is 12.5. The minimum atomic E-state index is -0.594. The zero-order chi connectivity index (χ0) is 21.9. The molecule has 0 atom stereocenters. The Kier molecular flexibility index (Phi) is 6.26. The maximum absolute atomic E-state index is 12.5. The third-order valence-electron chi connectivity index (χ3n) is 4.36. The first kappa shape index (κ1) is 21.6. The highest BCUT2D eigenvalue weighted by molar-refractivity contribution is 7.98. The third kappa shape index (κ3) is 5.07. The molecule has 0 bridgehead atoms. The molecule has 0 saturated heterocycles. The van der Waals surface area contributed by atoms with Gasteiger partial charge in [-0.2, -0.15) is 0 Å². The number of aromatic nitrogens is 2. The average molecular weight is 426 g/mol. The summed E-state index contributed by atoms with van der Waals surface area (Å²) in [6.07, 6.45) is 0. The zero-order valence-electron chi connectivity index (χ0n) is 17.2. The summed E-state index contributed by atoms with van der Waals surface area (Å²) < 4.78 is 4.70. The number of esters is 1. The van der Waals surface area contributed by atoms with Crippen LogP contribution in [0.1, 0.15) is 36.7 Å². The summed E-state index contributed by atoms with van der Waals surface area (Å²) in [5.41, 5.74) is 1.07. The maximum Gasteiger partial charge on any atom is 0.337 e. The molecule has 0 radical (unpaired) electrons. The van der Waals surface area contributed by atoms with Crippen molar-refractivity contribution in [2.24, 2.45) is 5.41 Å². The fourth-order valence-electron chi connectivity index (χ4n) is 2.60. The lowest BCUT2D eigenvalue weighted by molar-refractivity contribution is -0.123. The van der Waals surface area contributed by atoms with Gasteiger partial charge in [-0.05, 0) is 42.0 Å². The second kappa shape index (κ2) is 8.71. The van der Waals surface area contributed by atoms with Gasteiger partial charge in [0.05, 0.1) is 23.6 Å². The number of anilines is 1. The van der Waals surface area contributed by atoms with Crippen LogP contribution in [0.2, 0.25) is 0 Å². The number of aromatic amines is 1. The van der Waals surface area contributed by atoms with E-state index in [1.54, 1.807) is 56.8 Å². The van der Waals surface area contributed by atoms with Crippen LogP contribution < -0.4 is 10.9 Å². The van der Waals surface area contributed by atoms with Gasteiger partial charge in [-0.15, -0.1) is 11.8 Å². The smallest absolute Gasteiger partial charge is 0.337 e. The molecule has 156 valence electrons. The summed E-state index contributed by atoms with van der Waals surface area (Å²) in [4.78, 5) is 44.1. The Hall–Kier alpha value is -3.13. The lowest BCUT2D eigenvalue weighted by Crippen LogP contribution is -2.29.